The molecule has 0 radical (unpaired) electrons. The second-order valence-corrected chi connectivity index (χ2v) is 8.17. The molecule has 1 saturated carbocycles. The monoisotopic (exact) mass is 354 g/mol. The molecule has 4 heteroatoms. The van der Waals surface area contributed by atoms with Crippen molar-refractivity contribution in [3.8, 4) is 11.1 Å². The summed E-state index contributed by atoms with van der Waals surface area (Å²) in [4.78, 5) is 12.3. The van der Waals surface area contributed by atoms with Crippen molar-refractivity contribution >= 4 is 21.8 Å². The third kappa shape index (κ3) is 2.33. The lowest BCUT2D eigenvalue weighted by atomic mass is 9.88. The van der Waals surface area contributed by atoms with Gasteiger partial charge in [-0.15, -0.1) is 0 Å². The Balaban J connectivity index is 1.55. The van der Waals surface area contributed by atoms with E-state index in [0.29, 0.717) is 12.1 Å². The molecule has 2 N–H and O–H groups in total. The molecule has 4 nitrogen and oxygen atoms in total. The molecular formula is C23H22N4. The zero-order valence-electron chi connectivity index (χ0n) is 15.4. The number of pyridine rings is 2. The maximum Gasteiger partial charge on any atom is 0.137 e. The molecule has 27 heavy (non-hydrogen) atoms. The smallest absolute Gasteiger partial charge is 0.137 e. The number of aromatic nitrogens is 3. The van der Waals surface area contributed by atoms with E-state index in [1.807, 2.05) is 24.8 Å². The molecule has 0 spiro atoms. The summed E-state index contributed by atoms with van der Waals surface area (Å²) in [6, 6.07) is 10.2. The summed E-state index contributed by atoms with van der Waals surface area (Å²) < 4.78 is 0. The van der Waals surface area contributed by atoms with Crippen LogP contribution in [-0.2, 0) is 0 Å². The highest BCUT2D eigenvalue weighted by Crippen LogP contribution is 2.45. The molecule has 1 aliphatic heterocycles. The van der Waals surface area contributed by atoms with Gasteiger partial charge in [0.2, 0.25) is 0 Å². The molecule has 2 fully saturated rings. The highest BCUT2D eigenvalue weighted by Gasteiger charge is 2.40. The van der Waals surface area contributed by atoms with E-state index in [9.17, 15) is 0 Å². The lowest BCUT2D eigenvalue weighted by Gasteiger charge is -2.25. The van der Waals surface area contributed by atoms with Gasteiger partial charge in [-0.1, -0.05) is 0 Å². The summed E-state index contributed by atoms with van der Waals surface area (Å²) in [7, 11) is 0. The Labute approximate surface area is 158 Å². The fourth-order valence-corrected chi connectivity index (χ4v) is 5.16. The SMILES string of the molecule is Cc1c[nH]c2ncc(-c3cc(C4NC5CCC4C5)c4ccncc4c3)cc12. The zero-order chi connectivity index (χ0) is 18.0. The van der Waals surface area contributed by atoms with E-state index in [1.165, 1.54) is 57.7 Å². The summed E-state index contributed by atoms with van der Waals surface area (Å²) in [5.74, 6) is 0.758. The highest BCUT2D eigenvalue weighted by molar-refractivity contribution is 5.92. The molecule has 1 aromatic carbocycles. The van der Waals surface area contributed by atoms with Gasteiger partial charge in [-0.2, -0.15) is 0 Å². The Morgan fingerprint density at radius 3 is 2.85 bits per heavy atom. The molecule has 1 saturated heterocycles. The van der Waals surface area contributed by atoms with Crippen LogP contribution in [0.3, 0.4) is 0 Å². The van der Waals surface area contributed by atoms with Crippen LogP contribution in [0.4, 0.5) is 0 Å². The minimum atomic E-state index is 0.458. The van der Waals surface area contributed by atoms with Gasteiger partial charge >= 0.3 is 0 Å². The molecule has 134 valence electrons. The number of hydrogen-bond acceptors (Lipinski definition) is 3. The van der Waals surface area contributed by atoms with Crippen molar-refractivity contribution in [3.63, 3.8) is 0 Å². The number of aryl methyl sites for hydroxylation is 1. The van der Waals surface area contributed by atoms with Gasteiger partial charge in [-0.05, 0) is 78.4 Å². The minimum Gasteiger partial charge on any atom is -0.346 e. The van der Waals surface area contributed by atoms with Crippen LogP contribution in [0.15, 0.2) is 49.1 Å². The fourth-order valence-electron chi connectivity index (χ4n) is 5.16. The van der Waals surface area contributed by atoms with E-state index in [1.54, 1.807) is 0 Å². The molecule has 4 heterocycles. The summed E-state index contributed by atoms with van der Waals surface area (Å²) in [6.07, 6.45) is 11.9. The zero-order valence-corrected chi connectivity index (χ0v) is 15.4. The van der Waals surface area contributed by atoms with E-state index in [2.05, 4.69) is 51.5 Å². The van der Waals surface area contributed by atoms with Gasteiger partial charge in [0.05, 0.1) is 0 Å². The van der Waals surface area contributed by atoms with Crippen molar-refractivity contribution in [3.05, 3.63) is 60.2 Å². The number of nitrogens with zero attached hydrogens (tertiary/aromatic N) is 2. The first-order valence-electron chi connectivity index (χ1n) is 9.84. The number of aromatic amines is 1. The third-order valence-corrected chi connectivity index (χ3v) is 6.55. The largest absolute Gasteiger partial charge is 0.346 e. The number of H-pyrrole nitrogens is 1. The first kappa shape index (κ1) is 15.3. The van der Waals surface area contributed by atoms with Gasteiger partial charge < -0.3 is 10.3 Å². The van der Waals surface area contributed by atoms with Gasteiger partial charge in [0.1, 0.15) is 5.65 Å². The second-order valence-electron chi connectivity index (χ2n) is 8.17. The van der Waals surface area contributed by atoms with E-state index in [-0.39, 0.29) is 0 Å². The van der Waals surface area contributed by atoms with Crippen LogP contribution in [0.1, 0.15) is 36.4 Å². The average molecular weight is 354 g/mol. The van der Waals surface area contributed by atoms with Crippen LogP contribution in [0.2, 0.25) is 0 Å². The summed E-state index contributed by atoms with van der Waals surface area (Å²) >= 11 is 0. The molecule has 1 aliphatic carbocycles. The van der Waals surface area contributed by atoms with Crippen molar-refractivity contribution in [1.82, 2.24) is 20.3 Å². The minimum absolute atomic E-state index is 0.458. The van der Waals surface area contributed by atoms with E-state index in [0.717, 1.165) is 11.6 Å². The Hall–Kier alpha value is -2.72. The molecule has 3 atom stereocenters. The number of hydrogen-bond donors (Lipinski definition) is 2. The van der Waals surface area contributed by atoms with E-state index in [4.69, 9.17) is 0 Å². The molecule has 2 bridgehead atoms. The van der Waals surface area contributed by atoms with Gasteiger partial charge in [-0.3, -0.25) is 4.98 Å². The summed E-state index contributed by atoms with van der Waals surface area (Å²) in [6.45, 7) is 2.12. The topological polar surface area (TPSA) is 53.6 Å². The van der Waals surface area contributed by atoms with Crippen LogP contribution in [0.5, 0.6) is 0 Å². The lowest BCUT2D eigenvalue weighted by molar-refractivity contribution is 0.394. The quantitative estimate of drug-likeness (QED) is 0.538. The van der Waals surface area contributed by atoms with Crippen molar-refractivity contribution in [2.24, 2.45) is 5.92 Å². The standard InChI is InChI=1S/C23H22N4/c1-13-10-25-23-20(13)9-16(12-26-23)15-6-17-11-24-5-4-19(17)21(8-15)22-14-2-3-18(7-14)27-22/h4-6,8-12,14,18,22,27H,2-3,7H2,1H3,(H,25,26). The van der Waals surface area contributed by atoms with Crippen LogP contribution < -0.4 is 5.32 Å². The molecule has 0 amide bonds. The van der Waals surface area contributed by atoms with Crippen molar-refractivity contribution in [2.75, 3.05) is 0 Å². The summed E-state index contributed by atoms with van der Waals surface area (Å²) in [5, 5.41) is 7.60. The number of nitrogens with one attached hydrogen (secondary N) is 2. The van der Waals surface area contributed by atoms with Gasteiger partial charge in [0.15, 0.2) is 0 Å². The fraction of sp³-hybridized carbons (Fsp3) is 0.304. The van der Waals surface area contributed by atoms with Crippen molar-refractivity contribution in [2.45, 2.75) is 38.3 Å². The highest BCUT2D eigenvalue weighted by atomic mass is 15.0. The first-order valence-corrected chi connectivity index (χ1v) is 9.84. The molecular weight excluding hydrogens is 332 g/mol. The number of piperidine rings is 1. The second kappa shape index (κ2) is 5.64. The molecule has 3 aromatic heterocycles. The van der Waals surface area contributed by atoms with Gasteiger partial charge in [-0.25, -0.2) is 4.98 Å². The first-order chi connectivity index (χ1) is 13.3. The molecule has 6 rings (SSSR count). The Morgan fingerprint density at radius 1 is 1.04 bits per heavy atom. The van der Waals surface area contributed by atoms with Crippen LogP contribution in [0.25, 0.3) is 32.9 Å². The van der Waals surface area contributed by atoms with Gasteiger partial charge in [0.25, 0.3) is 0 Å². The lowest BCUT2D eigenvalue weighted by Crippen LogP contribution is -2.28. The van der Waals surface area contributed by atoms with Crippen molar-refractivity contribution in [1.29, 1.82) is 0 Å². The third-order valence-electron chi connectivity index (χ3n) is 6.55. The Kier molecular flexibility index (Phi) is 3.20. The predicted molar refractivity (Wildman–Crippen MR) is 109 cm³/mol. The maximum atomic E-state index is 4.64. The van der Waals surface area contributed by atoms with E-state index >= 15 is 0 Å². The predicted octanol–water partition coefficient (Wildman–Crippen LogP) is 4.90. The number of benzene rings is 1. The molecule has 3 unspecified atom stereocenters. The van der Waals surface area contributed by atoms with Crippen molar-refractivity contribution < 1.29 is 0 Å². The molecule has 4 aromatic rings. The van der Waals surface area contributed by atoms with Crippen LogP contribution >= 0.6 is 0 Å². The van der Waals surface area contributed by atoms with Gasteiger partial charge in [0, 0.05) is 53.2 Å². The van der Waals surface area contributed by atoms with Crippen LogP contribution in [-0.4, -0.2) is 21.0 Å². The number of fused-ring (bicyclic) bond motifs is 4. The Morgan fingerprint density at radius 2 is 2.00 bits per heavy atom. The average Bonchev–Trinajstić information content (AvgIpc) is 3.43. The maximum absolute atomic E-state index is 4.64. The summed E-state index contributed by atoms with van der Waals surface area (Å²) in [5.41, 5.74) is 6.00. The molecule has 2 aliphatic rings. The van der Waals surface area contributed by atoms with E-state index < -0.39 is 0 Å². The van der Waals surface area contributed by atoms with Crippen LogP contribution in [0, 0.1) is 12.8 Å². The Bertz CT molecular complexity index is 1180. The number of rotatable bonds is 2. The normalized spacial score (nSPS) is 24.3.